The van der Waals surface area contributed by atoms with Crippen LogP contribution < -0.4 is 5.73 Å². The highest BCUT2D eigenvalue weighted by atomic mass is 16.6. The van der Waals surface area contributed by atoms with Crippen molar-refractivity contribution in [2.75, 3.05) is 18.9 Å². The van der Waals surface area contributed by atoms with Crippen LogP contribution in [0.5, 0.6) is 0 Å². The molecule has 0 unspecified atom stereocenters. The second kappa shape index (κ2) is 5.83. The topological polar surface area (TPSA) is 123 Å². The van der Waals surface area contributed by atoms with E-state index in [-0.39, 0.29) is 36.3 Å². The van der Waals surface area contributed by atoms with Gasteiger partial charge in [0.05, 0.1) is 17.1 Å². The molecule has 1 amide bonds. The minimum absolute atomic E-state index is 0.0135. The summed E-state index contributed by atoms with van der Waals surface area (Å²) in [6.07, 6.45) is 3.79. The summed E-state index contributed by atoms with van der Waals surface area (Å²) in [6.45, 7) is 0.0239. The Bertz CT molecular complexity index is 530. The number of carbonyl (C=O) groups excluding carboxylic acids is 1. The van der Waals surface area contributed by atoms with E-state index in [1.54, 1.807) is 0 Å². The zero-order chi connectivity index (χ0) is 14.7. The maximum absolute atomic E-state index is 12.4. The first-order valence-corrected chi connectivity index (χ1v) is 6.36. The van der Waals surface area contributed by atoms with Crippen LogP contribution in [0.2, 0.25) is 0 Å². The van der Waals surface area contributed by atoms with Gasteiger partial charge in [0.2, 0.25) is 0 Å². The highest BCUT2D eigenvalue weighted by Gasteiger charge is 2.30. The molecule has 0 bridgehead atoms. The van der Waals surface area contributed by atoms with Crippen LogP contribution in [0.4, 0.5) is 11.5 Å². The lowest BCUT2D eigenvalue weighted by atomic mass is 9.91. The van der Waals surface area contributed by atoms with Crippen molar-refractivity contribution in [3.63, 3.8) is 0 Å². The van der Waals surface area contributed by atoms with E-state index >= 15 is 0 Å². The van der Waals surface area contributed by atoms with Gasteiger partial charge in [0.1, 0.15) is 12.0 Å². The number of amides is 1. The maximum Gasteiger partial charge on any atom is 0.288 e. The van der Waals surface area contributed by atoms with Gasteiger partial charge >= 0.3 is 0 Å². The van der Waals surface area contributed by atoms with Crippen molar-refractivity contribution in [3.05, 3.63) is 27.9 Å². The third-order valence-corrected chi connectivity index (χ3v) is 3.46. The normalized spacial score (nSPS) is 14.7. The summed E-state index contributed by atoms with van der Waals surface area (Å²) in [4.78, 5) is 27.8. The predicted molar refractivity (Wildman–Crippen MR) is 71.1 cm³/mol. The Kier molecular flexibility index (Phi) is 4.14. The molecule has 0 radical (unpaired) electrons. The number of rotatable bonds is 5. The number of hydrogen-bond acceptors (Lipinski definition) is 6. The first kappa shape index (κ1) is 14.2. The Morgan fingerprint density at radius 3 is 2.80 bits per heavy atom. The summed E-state index contributed by atoms with van der Waals surface area (Å²) in [6, 6.07) is 1.20. The fourth-order valence-corrected chi connectivity index (χ4v) is 2.15. The fraction of sp³-hybridized carbons (Fsp3) is 0.500. The predicted octanol–water partition coefficient (Wildman–Crippen LogP) is 0.559. The summed E-state index contributed by atoms with van der Waals surface area (Å²) in [5.41, 5.74) is 5.38. The molecule has 8 heteroatoms. The first-order chi connectivity index (χ1) is 9.54. The molecular weight excluding hydrogens is 264 g/mol. The van der Waals surface area contributed by atoms with Crippen LogP contribution in [-0.4, -0.2) is 45.0 Å². The Labute approximate surface area is 115 Å². The Balaban J connectivity index is 2.30. The zero-order valence-electron chi connectivity index (χ0n) is 10.9. The fourth-order valence-electron chi connectivity index (χ4n) is 2.15. The second-order valence-electron chi connectivity index (χ2n) is 4.69. The molecule has 1 aliphatic carbocycles. The number of nitrogens with two attached hydrogens (primary N) is 1. The van der Waals surface area contributed by atoms with Gasteiger partial charge in [-0.3, -0.25) is 14.9 Å². The summed E-state index contributed by atoms with van der Waals surface area (Å²) in [5, 5.41) is 19.8. The lowest BCUT2D eigenvalue weighted by molar-refractivity contribution is -0.385. The average Bonchev–Trinajstić information content (AvgIpc) is 2.35. The van der Waals surface area contributed by atoms with Crippen LogP contribution in [0.25, 0.3) is 0 Å². The molecule has 3 N–H and O–H groups in total. The number of anilines is 1. The lowest BCUT2D eigenvalue weighted by Gasteiger charge is -2.37. The zero-order valence-corrected chi connectivity index (χ0v) is 10.9. The molecule has 1 aromatic rings. The van der Waals surface area contributed by atoms with Crippen LogP contribution in [0.15, 0.2) is 12.3 Å². The van der Waals surface area contributed by atoms with E-state index in [9.17, 15) is 14.9 Å². The van der Waals surface area contributed by atoms with Crippen LogP contribution in [-0.2, 0) is 0 Å². The molecule has 1 heterocycles. The Morgan fingerprint density at radius 1 is 1.60 bits per heavy atom. The standard InChI is InChI=1S/C12H16N4O4/c13-11-10(6-9(7-14-11)16(19)20)12(18)15(4-5-17)8-2-1-3-8/h6-8,17H,1-5H2,(H2,13,14). The third kappa shape index (κ3) is 2.69. The van der Waals surface area contributed by atoms with Crippen molar-refractivity contribution in [2.45, 2.75) is 25.3 Å². The van der Waals surface area contributed by atoms with Crippen LogP contribution in [0.3, 0.4) is 0 Å². The van der Waals surface area contributed by atoms with Crippen LogP contribution in [0.1, 0.15) is 29.6 Å². The van der Waals surface area contributed by atoms with Gasteiger partial charge < -0.3 is 15.7 Å². The smallest absolute Gasteiger partial charge is 0.288 e. The van der Waals surface area contributed by atoms with Gasteiger partial charge in [-0.25, -0.2) is 4.98 Å². The highest BCUT2D eigenvalue weighted by molar-refractivity contribution is 5.99. The van der Waals surface area contributed by atoms with Crippen LogP contribution >= 0.6 is 0 Å². The quantitative estimate of drug-likeness (QED) is 0.600. The van der Waals surface area contributed by atoms with E-state index in [0.717, 1.165) is 31.5 Å². The average molecular weight is 280 g/mol. The van der Waals surface area contributed by atoms with Gasteiger partial charge in [-0.15, -0.1) is 0 Å². The Morgan fingerprint density at radius 2 is 2.30 bits per heavy atom. The van der Waals surface area contributed by atoms with Crippen molar-refractivity contribution in [3.8, 4) is 0 Å². The monoisotopic (exact) mass is 280 g/mol. The molecule has 1 aliphatic rings. The molecule has 0 aromatic carbocycles. The van der Waals surface area contributed by atoms with Crippen molar-refractivity contribution >= 4 is 17.4 Å². The molecule has 0 atom stereocenters. The van der Waals surface area contributed by atoms with E-state index in [1.807, 2.05) is 0 Å². The van der Waals surface area contributed by atoms with Gasteiger partial charge in [0.15, 0.2) is 0 Å². The lowest BCUT2D eigenvalue weighted by Crippen LogP contribution is -2.45. The number of pyridine rings is 1. The number of aliphatic hydroxyl groups excluding tert-OH is 1. The van der Waals surface area contributed by atoms with Gasteiger partial charge in [-0.2, -0.15) is 0 Å². The van der Waals surface area contributed by atoms with E-state index in [1.165, 1.54) is 4.90 Å². The summed E-state index contributed by atoms with van der Waals surface area (Å²) < 4.78 is 0. The molecule has 0 spiro atoms. The number of hydrogen-bond donors (Lipinski definition) is 2. The summed E-state index contributed by atoms with van der Waals surface area (Å²) in [5.74, 6) is -0.458. The van der Waals surface area contributed by atoms with Crippen LogP contribution in [0, 0.1) is 10.1 Å². The van der Waals surface area contributed by atoms with Gasteiger partial charge in [0, 0.05) is 18.7 Å². The molecule has 8 nitrogen and oxygen atoms in total. The highest BCUT2D eigenvalue weighted by Crippen LogP contribution is 2.27. The molecule has 1 saturated carbocycles. The third-order valence-electron chi connectivity index (χ3n) is 3.46. The summed E-state index contributed by atoms with van der Waals surface area (Å²) in [7, 11) is 0. The van der Waals surface area contributed by atoms with Crippen molar-refractivity contribution in [1.29, 1.82) is 0 Å². The van der Waals surface area contributed by atoms with Gasteiger partial charge in [-0.05, 0) is 19.3 Å². The number of aromatic nitrogens is 1. The van der Waals surface area contributed by atoms with Gasteiger partial charge in [0.25, 0.3) is 11.6 Å². The molecular formula is C12H16N4O4. The van der Waals surface area contributed by atoms with Crippen molar-refractivity contribution in [1.82, 2.24) is 9.88 Å². The first-order valence-electron chi connectivity index (χ1n) is 6.36. The summed E-state index contributed by atoms with van der Waals surface area (Å²) >= 11 is 0. The van der Waals surface area contributed by atoms with Crippen molar-refractivity contribution < 1.29 is 14.8 Å². The van der Waals surface area contributed by atoms with E-state index < -0.39 is 10.8 Å². The number of nitrogens with zero attached hydrogens (tertiary/aromatic N) is 3. The number of nitrogen functional groups attached to an aromatic ring is 1. The van der Waals surface area contributed by atoms with E-state index in [0.29, 0.717) is 0 Å². The number of aliphatic hydroxyl groups is 1. The molecule has 2 rings (SSSR count). The largest absolute Gasteiger partial charge is 0.395 e. The molecule has 0 saturated heterocycles. The molecule has 1 aromatic heterocycles. The minimum Gasteiger partial charge on any atom is -0.395 e. The van der Waals surface area contributed by atoms with Gasteiger partial charge in [-0.1, -0.05) is 0 Å². The van der Waals surface area contributed by atoms with E-state index in [4.69, 9.17) is 10.8 Å². The molecule has 20 heavy (non-hydrogen) atoms. The SMILES string of the molecule is Nc1ncc([N+](=O)[O-])cc1C(=O)N(CCO)C1CCC1. The minimum atomic E-state index is -0.622. The van der Waals surface area contributed by atoms with Crippen molar-refractivity contribution in [2.24, 2.45) is 0 Å². The molecule has 108 valence electrons. The second-order valence-corrected chi connectivity index (χ2v) is 4.69. The van der Waals surface area contributed by atoms with E-state index in [2.05, 4.69) is 4.98 Å². The number of nitro groups is 1. The maximum atomic E-state index is 12.4. The molecule has 0 aliphatic heterocycles. The molecule has 1 fully saturated rings. The Hall–Kier alpha value is -2.22. The number of carbonyl (C=O) groups is 1.